The molecule has 8 nitrogen and oxygen atoms in total. The molecular formula is C22H21FN2O6S. The van der Waals surface area contributed by atoms with Gasteiger partial charge in [-0.15, -0.1) is 0 Å². The average Bonchev–Trinajstić information content (AvgIpc) is 2.79. The largest absolute Gasteiger partial charge is 0.497 e. The lowest BCUT2D eigenvalue weighted by atomic mass is 10.2. The average molecular weight is 460 g/mol. The summed E-state index contributed by atoms with van der Waals surface area (Å²) in [5.41, 5.74) is 0.0651. The van der Waals surface area contributed by atoms with Gasteiger partial charge >= 0.3 is 0 Å². The van der Waals surface area contributed by atoms with Crippen LogP contribution < -0.4 is 24.2 Å². The molecular weight excluding hydrogens is 439 g/mol. The van der Waals surface area contributed by atoms with Gasteiger partial charge in [0.15, 0.2) is 0 Å². The molecule has 0 unspecified atom stereocenters. The molecule has 1 amide bonds. The van der Waals surface area contributed by atoms with Gasteiger partial charge in [0, 0.05) is 6.07 Å². The fourth-order valence-electron chi connectivity index (χ4n) is 2.87. The Bertz CT molecular complexity index is 1250. The van der Waals surface area contributed by atoms with Crippen molar-refractivity contribution in [3.63, 3.8) is 0 Å². The quantitative estimate of drug-likeness (QED) is 0.529. The van der Waals surface area contributed by atoms with E-state index in [-0.39, 0.29) is 33.3 Å². The van der Waals surface area contributed by atoms with Crippen molar-refractivity contribution in [1.82, 2.24) is 0 Å². The molecule has 3 aromatic carbocycles. The lowest BCUT2D eigenvalue weighted by Crippen LogP contribution is -2.17. The van der Waals surface area contributed by atoms with Crippen LogP contribution in [0.3, 0.4) is 0 Å². The summed E-state index contributed by atoms with van der Waals surface area (Å²) in [4.78, 5) is 12.3. The zero-order valence-electron chi connectivity index (χ0n) is 17.5. The van der Waals surface area contributed by atoms with E-state index in [0.717, 1.165) is 6.07 Å². The molecule has 2 N–H and O–H groups in total. The van der Waals surface area contributed by atoms with Gasteiger partial charge in [0.25, 0.3) is 15.9 Å². The molecule has 0 fully saturated rings. The lowest BCUT2D eigenvalue weighted by molar-refractivity contribution is 0.102. The van der Waals surface area contributed by atoms with E-state index in [9.17, 15) is 17.6 Å². The Kier molecular flexibility index (Phi) is 6.84. The summed E-state index contributed by atoms with van der Waals surface area (Å²) >= 11 is 0. The molecule has 168 valence electrons. The monoisotopic (exact) mass is 460 g/mol. The number of sulfonamides is 1. The van der Waals surface area contributed by atoms with Gasteiger partial charge < -0.3 is 19.5 Å². The lowest BCUT2D eigenvalue weighted by Gasteiger charge is -2.15. The summed E-state index contributed by atoms with van der Waals surface area (Å²) in [7, 11) is 0.169. The standard InChI is InChI=1S/C22H21FN2O6S/c1-29-14-8-10-18(21(12-14)31-3)25-32(27,28)15-9-11-20(30-2)19(13-15)24-22(26)16-6-4-5-7-17(16)23/h4-13,25H,1-3H3,(H,24,26). The van der Waals surface area contributed by atoms with Crippen LogP contribution in [0.5, 0.6) is 17.2 Å². The van der Waals surface area contributed by atoms with Gasteiger partial charge in [0.1, 0.15) is 23.1 Å². The third kappa shape index (κ3) is 4.92. The molecule has 0 heterocycles. The number of benzene rings is 3. The highest BCUT2D eigenvalue weighted by molar-refractivity contribution is 7.92. The number of carbonyl (C=O) groups is 1. The summed E-state index contributed by atoms with van der Waals surface area (Å²) in [5, 5.41) is 2.50. The van der Waals surface area contributed by atoms with Crippen LogP contribution in [0.4, 0.5) is 15.8 Å². The predicted molar refractivity (Wildman–Crippen MR) is 118 cm³/mol. The Morgan fingerprint density at radius 3 is 2.22 bits per heavy atom. The van der Waals surface area contributed by atoms with Crippen molar-refractivity contribution in [3.8, 4) is 17.2 Å². The molecule has 0 aliphatic heterocycles. The van der Waals surface area contributed by atoms with Gasteiger partial charge in [-0.25, -0.2) is 12.8 Å². The van der Waals surface area contributed by atoms with Crippen molar-refractivity contribution in [2.24, 2.45) is 0 Å². The molecule has 32 heavy (non-hydrogen) atoms. The number of hydrogen-bond donors (Lipinski definition) is 2. The van der Waals surface area contributed by atoms with E-state index in [2.05, 4.69) is 10.0 Å². The first-order valence-electron chi connectivity index (χ1n) is 9.28. The summed E-state index contributed by atoms with van der Waals surface area (Å²) in [6, 6.07) is 14.0. The van der Waals surface area contributed by atoms with Gasteiger partial charge in [0.2, 0.25) is 0 Å². The number of rotatable bonds is 8. The maximum Gasteiger partial charge on any atom is 0.262 e. The topological polar surface area (TPSA) is 103 Å². The molecule has 0 spiro atoms. The zero-order chi connectivity index (χ0) is 23.3. The minimum Gasteiger partial charge on any atom is -0.497 e. The number of halogens is 1. The predicted octanol–water partition coefficient (Wildman–Crippen LogP) is 3.90. The molecule has 0 saturated carbocycles. The fraction of sp³-hybridized carbons (Fsp3) is 0.136. The van der Waals surface area contributed by atoms with Crippen molar-refractivity contribution in [2.45, 2.75) is 4.90 Å². The summed E-state index contributed by atoms with van der Waals surface area (Å²) in [6.45, 7) is 0. The molecule has 3 aromatic rings. The Morgan fingerprint density at radius 1 is 0.844 bits per heavy atom. The number of amides is 1. The van der Waals surface area contributed by atoms with Crippen molar-refractivity contribution < 1.29 is 31.8 Å². The number of ether oxygens (including phenoxy) is 3. The van der Waals surface area contributed by atoms with E-state index in [1.54, 1.807) is 6.07 Å². The van der Waals surface area contributed by atoms with Crippen LogP contribution in [0.1, 0.15) is 10.4 Å². The van der Waals surface area contributed by atoms with Gasteiger partial charge in [-0.05, 0) is 42.5 Å². The van der Waals surface area contributed by atoms with Gasteiger partial charge in [-0.3, -0.25) is 9.52 Å². The first-order valence-corrected chi connectivity index (χ1v) is 10.8. The smallest absolute Gasteiger partial charge is 0.262 e. The highest BCUT2D eigenvalue weighted by Crippen LogP contribution is 2.33. The number of hydrogen-bond acceptors (Lipinski definition) is 6. The number of nitrogens with one attached hydrogen (secondary N) is 2. The summed E-state index contributed by atoms with van der Waals surface area (Å²) in [6.07, 6.45) is 0. The van der Waals surface area contributed by atoms with Crippen molar-refractivity contribution in [3.05, 3.63) is 72.0 Å². The Hall–Kier alpha value is -3.79. The minimum atomic E-state index is -4.07. The highest BCUT2D eigenvalue weighted by atomic mass is 32.2. The Labute approximate surface area is 185 Å². The van der Waals surface area contributed by atoms with Crippen molar-refractivity contribution >= 4 is 27.3 Å². The maximum absolute atomic E-state index is 13.9. The first kappa shape index (κ1) is 22.9. The molecule has 0 saturated heterocycles. The molecule has 0 atom stereocenters. The first-order chi connectivity index (χ1) is 15.3. The van der Waals surface area contributed by atoms with Crippen LogP contribution in [-0.4, -0.2) is 35.7 Å². The van der Waals surface area contributed by atoms with E-state index in [1.807, 2.05) is 0 Å². The zero-order valence-corrected chi connectivity index (χ0v) is 18.3. The number of anilines is 2. The second-order valence-corrected chi connectivity index (χ2v) is 8.15. The van der Waals surface area contributed by atoms with Crippen LogP contribution in [0.15, 0.2) is 65.6 Å². The van der Waals surface area contributed by atoms with E-state index in [1.165, 1.54) is 69.9 Å². The van der Waals surface area contributed by atoms with E-state index >= 15 is 0 Å². The van der Waals surface area contributed by atoms with Crippen LogP contribution in [0.2, 0.25) is 0 Å². The molecule has 3 rings (SSSR count). The molecule has 0 aliphatic rings. The second kappa shape index (κ2) is 9.56. The molecule has 10 heteroatoms. The van der Waals surface area contributed by atoms with Gasteiger partial charge in [-0.1, -0.05) is 12.1 Å². The Balaban J connectivity index is 1.93. The van der Waals surface area contributed by atoms with Crippen molar-refractivity contribution in [1.29, 1.82) is 0 Å². The number of carbonyl (C=O) groups excluding carboxylic acids is 1. The minimum absolute atomic E-state index is 0.0605. The van der Waals surface area contributed by atoms with Gasteiger partial charge in [-0.2, -0.15) is 0 Å². The maximum atomic E-state index is 13.9. The molecule has 0 bridgehead atoms. The third-order valence-electron chi connectivity index (χ3n) is 4.50. The number of methoxy groups -OCH3 is 3. The Morgan fingerprint density at radius 2 is 1.56 bits per heavy atom. The third-order valence-corrected chi connectivity index (χ3v) is 5.86. The van der Waals surface area contributed by atoms with E-state index in [0.29, 0.717) is 5.75 Å². The van der Waals surface area contributed by atoms with Crippen LogP contribution in [0, 0.1) is 5.82 Å². The fourth-order valence-corrected chi connectivity index (χ4v) is 3.97. The van der Waals surface area contributed by atoms with Crippen molar-refractivity contribution in [2.75, 3.05) is 31.4 Å². The van der Waals surface area contributed by atoms with Crippen LogP contribution >= 0.6 is 0 Å². The normalized spacial score (nSPS) is 10.9. The van der Waals surface area contributed by atoms with E-state index in [4.69, 9.17) is 14.2 Å². The summed E-state index contributed by atoms with van der Waals surface area (Å²) in [5.74, 6) is -0.501. The van der Waals surface area contributed by atoms with Gasteiger partial charge in [0.05, 0.1) is 43.2 Å². The second-order valence-electron chi connectivity index (χ2n) is 6.47. The van der Waals surface area contributed by atoms with E-state index < -0.39 is 21.7 Å². The molecule has 0 aromatic heterocycles. The highest BCUT2D eigenvalue weighted by Gasteiger charge is 2.21. The SMILES string of the molecule is COc1ccc(NS(=O)(=O)c2ccc(OC)c(NC(=O)c3ccccc3F)c2)c(OC)c1. The summed E-state index contributed by atoms with van der Waals surface area (Å²) < 4.78 is 57.9. The molecule has 0 aliphatic carbocycles. The van der Waals surface area contributed by atoms with Crippen LogP contribution in [0.25, 0.3) is 0 Å². The molecule has 0 radical (unpaired) electrons. The van der Waals surface area contributed by atoms with Crippen LogP contribution in [-0.2, 0) is 10.0 Å².